The van der Waals surface area contributed by atoms with Gasteiger partial charge in [0.1, 0.15) is 5.75 Å². The van der Waals surface area contributed by atoms with Gasteiger partial charge in [-0.05, 0) is 60.7 Å². The highest BCUT2D eigenvalue weighted by molar-refractivity contribution is 5.91. The lowest BCUT2D eigenvalue weighted by molar-refractivity contribution is 0.0735. The molecule has 0 atom stereocenters. The minimum absolute atomic E-state index is 0.334. The van der Waals surface area contributed by atoms with Crippen molar-refractivity contribution >= 4 is 5.97 Å². The molecule has 0 radical (unpaired) electrons. The fourth-order valence-electron chi connectivity index (χ4n) is 3.37. The molecular formula is C27H30O2. The standard InChI is InChI=1S/C27H30O2/c1-3-4-5-6-7-8-22-11-13-23(14-12-22)24-15-17-25(18-16-24)27(28)29-26-19-9-21(2)10-20-26/h9-20H,3-8H2,1-2H3. The van der Waals surface area contributed by atoms with Crippen molar-refractivity contribution < 1.29 is 9.53 Å². The lowest BCUT2D eigenvalue weighted by Crippen LogP contribution is -2.08. The lowest BCUT2D eigenvalue weighted by Gasteiger charge is -2.07. The van der Waals surface area contributed by atoms with E-state index in [2.05, 4.69) is 31.2 Å². The molecule has 0 saturated carbocycles. The van der Waals surface area contributed by atoms with Gasteiger partial charge >= 0.3 is 5.97 Å². The number of carbonyl (C=O) groups excluding carboxylic acids is 1. The third kappa shape index (κ3) is 6.32. The fourth-order valence-corrected chi connectivity index (χ4v) is 3.37. The molecule has 0 aliphatic heterocycles. The molecule has 0 bridgehead atoms. The molecule has 2 nitrogen and oxygen atoms in total. The van der Waals surface area contributed by atoms with E-state index >= 15 is 0 Å². The number of rotatable bonds is 9. The van der Waals surface area contributed by atoms with Gasteiger partial charge in [-0.3, -0.25) is 0 Å². The Balaban J connectivity index is 1.56. The Labute approximate surface area is 174 Å². The zero-order valence-corrected chi connectivity index (χ0v) is 17.5. The molecule has 0 unspecified atom stereocenters. The number of unbranched alkanes of at least 4 members (excludes halogenated alkanes) is 4. The summed E-state index contributed by atoms with van der Waals surface area (Å²) < 4.78 is 5.44. The number of hydrogen-bond donors (Lipinski definition) is 0. The van der Waals surface area contributed by atoms with Crippen molar-refractivity contribution in [1.82, 2.24) is 0 Å². The van der Waals surface area contributed by atoms with Crippen molar-refractivity contribution in [2.45, 2.75) is 52.4 Å². The summed E-state index contributed by atoms with van der Waals surface area (Å²) in [5, 5.41) is 0. The average molecular weight is 387 g/mol. The number of esters is 1. The first-order chi connectivity index (χ1) is 14.2. The Morgan fingerprint density at radius 3 is 1.93 bits per heavy atom. The maximum atomic E-state index is 12.3. The van der Waals surface area contributed by atoms with Gasteiger partial charge in [0.25, 0.3) is 0 Å². The normalized spacial score (nSPS) is 10.7. The minimum atomic E-state index is -0.334. The number of aryl methyl sites for hydroxylation is 2. The van der Waals surface area contributed by atoms with E-state index in [9.17, 15) is 4.79 Å². The van der Waals surface area contributed by atoms with Crippen LogP contribution in [0.1, 0.15) is 60.5 Å². The SMILES string of the molecule is CCCCCCCc1ccc(-c2ccc(C(=O)Oc3ccc(C)cc3)cc2)cc1. The van der Waals surface area contributed by atoms with E-state index in [1.165, 1.54) is 37.7 Å². The summed E-state index contributed by atoms with van der Waals surface area (Å²) >= 11 is 0. The van der Waals surface area contributed by atoms with Crippen LogP contribution in [0.4, 0.5) is 0 Å². The van der Waals surface area contributed by atoms with Crippen LogP contribution in [0, 0.1) is 6.92 Å². The third-order valence-electron chi connectivity index (χ3n) is 5.21. The Kier molecular flexibility index (Phi) is 7.63. The molecule has 0 heterocycles. The second-order valence-electron chi connectivity index (χ2n) is 7.64. The first-order valence-electron chi connectivity index (χ1n) is 10.6. The molecule has 3 aromatic carbocycles. The number of carbonyl (C=O) groups is 1. The van der Waals surface area contributed by atoms with Crippen molar-refractivity contribution in [1.29, 1.82) is 0 Å². The predicted octanol–water partition coefficient (Wildman–Crippen LogP) is 7.39. The van der Waals surface area contributed by atoms with E-state index in [4.69, 9.17) is 4.74 Å². The fraction of sp³-hybridized carbons (Fsp3) is 0.296. The minimum Gasteiger partial charge on any atom is -0.423 e. The van der Waals surface area contributed by atoms with Crippen molar-refractivity contribution in [3.8, 4) is 16.9 Å². The van der Waals surface area contributed by atoms with Crippen LogP contribution in [0.3, 0.4) is 0 Å². The molecular weight excluding hydrogens is 356 g/mol. The molecule has 0 spiro atoms. The molecule has 0 amide bonds. The Morgan fingerprint density at radius 1 is 0.724 bits per heavy atom. The maximum Gasteiger partial charge on any atom is 0.343 e. The summed E-state index contributed by atoms with van der Waals surface area (Å²) in [6.45, 7) is 4.25. The van der Waals surface area contributed by atoms with Crippen LogP contribution in [0.2, 0.25) is 0 Å². The molecule has 0 N–H and O–H groups in total. The van der Waals surface area contributed by atoms with Crippen LogP contribution in [-0.4, -0.2) is 5.97 Å². The van der Waals surface area contributed by atoms with Gasteiger partial charge in [0, 0.05) is 0 Å². The van der Waals surface area contributed by atoms with Gasteiger partial charge in [-0.1, -0.05) is 86.7 Å². The molecule has 3 rings (SSSR count). The van der Waals surface area contributed by atoms with Crippen LogP contribution in [0.25, 0.3) is 11.1 Å². The molecule has 0 aromatic heterocycles. The first-order valence-corrected chi connectivity index (χ1v) is 10.6. The molecule has 3 aromatic rings. The van der Waals surface area contributed by atoms with E-state index in [1.807, 2.05) is 55.5 Å². The third-order valence-corrected chi connectivity index (χ3v) is 5.21. The quantitative estimate of drug-likeness (QED) is 0.218. The van der Waals surface area contributed by atoms with Crippen molar-refractivity contribution in [2.24, 2.45) is 0 Å². The van der Waals surface area contributed by atoms with Gasteiger partial charge in [0.05, 0.1) is 5.56 Å². The summed E-state index contributed by atoms with van der Waals surface area (Å²) in [4.78, 5) is 12.3. The van der Waals surface area contributed by atoms with Crippen molar-refractivity contribution in [2.75, 3.05) is 0 Å². The molecule has 150 valence electrons. The van der Waals surface area contributed by atoms with Gasteiger partial charge in [-0.2, -0.15) is 0 Å². The van der Waals surface area contributed by atoms with Crippen LogP contribution in [0.15, 0.2) is 72.8 Å². The van der Waals surface area contributed by atoms with Gasteiger partial charge in [0.2, 0.25) is 0 Å². The van der Waals surface area contributed by atoms with Crippen LogP contribution < -0.4 is 4.74 Å². The van der Waals surface area contributed by atoms with Crippen molar-refractivity contribution in [3.63, 3.8) is 0 Å². The topological polar surface area (TPSA) is 26.3 Å². The number of benzene rings is 3. The van der Waals surface area contributed by atoms with Gasteiger partial charge in [0.15, 0.2) is 0 Å². The molecule has 0 aliphatic rings. The second kappa shape index (κ2) is 10.6. The van der Waals surface area contributed by atoms with E-state index in [0.717, 1.165) is 23.1 Å². The predicted molar refractivity (Wildman–Crippen MR) is 120 cm³/mol. The van der Waals surface area contributed by atoms with Crippen LogP contribution in [0.5, 0.6) is 5.75 Å². The summed E-state index contributed by atoms with van der Waals surface area (Å²) in [6.07, 6.45) is 7.69. The second-order valence-corrected chi connectivity index (χ2v) is 7.64. The van der Waals surface area contributed by atoms with E-state index < -0.39 is 0 Å². The maximum absolute atomic E-state index is 12.3. The largest absolute Gasteiger partial charge is 0.423 e. The molecule has 0 aliphatic carbocycles. The average Bonchev–Trinajstić information content (AvgIpc) is 2.76. The monoisotopic (exact) mass is 386 g/mol. The van der Waals surface area contributed by atoms with Crippen molar-refractivity contribution in [3.05, 3.63) is 89.5 Å². The van der Waals surface area contributed by atoms with E-state index in [-0.39, 0.29) is 5.97 Å². The zero-order chi connectivity index (χ0) is 20.5. The van der Waals surface area contributed by atoms with Gasteiger partial charge < -0.3 is 4.74 Å². The van der Waals surface area contributed by atoms with Crippen LogP contribution in [-0.2, 0) is 6.42 Å². The molecule has 2 heteroatoms. The Hall–Kier alpha value is -2.87. The smallest absolute Gasteiger partial charge is 0.343 e. The highest BCUT2D eigenvalue weighted by Gasteiger charge is 2.09. The number of hydrogen-bond acceptors (Lipinski definition) is 2. The van der Waals surface area contributed by atoms with E-state index in [1.54, 1.807) is 0 Å². The first kappa shape index (κ1) is 20.9. The molecule has 29 heavy (non-hydrogen) atoms. The van der Waals surface area contributed by atoms with E-state index in [0.29, 0.717) is 11.3 Å². The number of ether oxygens (including phenoxy) is 1. The van der Waals surface area contributed by atoms with Crippen LogP contribution >= 0.6 is 0 Å². The molecule has 0 fully saturated rings. The summed E-state index contributed by atoms with van der Waals surface area (Å²) in [5.74, 6) is 0.230. The zero-order valence-electron chi connectivity index (χ0n) is 17.5. The highest BCUT2D eigenvalue weighted by atomic mass is 16.5. The lowest BCUT2D eigenvalue weighted by atomic mass is 10.00. The van der Waals surface area contributed by atoms with Gasteiger partial charge in [-0.25, -0.2) is 4.79 Å². The van der Waals surface area contributed by atoms with Gasteiger partial charge in [-0.15, -0.1) is 0 Å². The summed E-state index contributed by atoms with van der Waals surface area (Å²) in [7, 11) is 0. The Morgan fingerprint density at radius 2 is 1.31 bits per heavy atom. The summed E-state index contributed by atoms with van der Waals surface area (Å²) in [6, 6.07) is 23.9. The Bertz CT molecular complexity index is 891. The molecule has 0 saturated heterocycles. The summed E-state index contributed by atoms with van der Waals surface area (Å²) in [5.41, 5.74) is 5.35. The highest BCUT2D eigenvalue weighted by Crippen LogP contribution is 2.22.